The molecule has 23 heavy (non-hydrogen) atoms. The van der Waals surface area contributed by atoms with E-state index in [0.717, 1.165) is 16.8 Å². The number of hydrogen-bond acceptors (Lipinski definition) is 3. The first-order chi connectivity index (χ1) is 11.1. The number of nitrogens with one attached hydrogen (secondary N) is 1. The van der Waals surface area contributed by atoms with Gasteiger partial charge in [0, 0.05) is 25.7 Å². The molecule has 2 N–H and O–H groups in total. The van der Waals surface area contributed by atoms with Crippen LogP contribution in [0.15, 0.2) is 30.3 Å². The topological polar surface area (TPSA) is 87.5 Å². The number of aryl methyl sites for hydroxylation is 1. The van der Waals surface area contributed by atoms with E-state index in [1.807, 2.05) is 30.3 Å². The molecule has 120 valence electrons. The molecule has 1 aromatic carbocycles. The maximum absolute atomic E-state index is 12.3. The summed E-state index contributed by atoms with van der Waals surface area (Å²) in [5, 5.41) is 16.1. The van der Waals surface area contributed by atoms with Crippen molar-refractivity contribution in [1.82, 2.24) is 20.0 Å². The van der Waals surface area contributed by atoms with Gasteiger partial charge >= 0.3 is 12.0 Å². The molecule has 0 saturated carbocycles. The van der Waals surface area contributed by atoms with Crippen molar-refractivity contribution in [2.75, 3.05) is 6.54 Å². The minimum absolute atomic E-state index is 0.0897. The molecule has 0 unspecified atom stereocenters. The highest BCUT2D eigenvalue weighted by Gasteiger charge is 2.28. The van der Waals surface area contributed by atoms with Gasteiger partial charge < -0.3 is 15.3 Å². The van der Waals surface area contributed by atoms with Crippen LogP contribution in [0, 0.1) is 0 Å². The first-order valence-electron chi connectivity index (χ1n) is 7.41. The Kier molecular flexibility index (Phi) is 4.01. The summed E-state index contributed by atoms with van der Waals surface area (Å²) in [5.41, 5.74) is 2.63. The molecule has 7 heteroatoms. The number of benzene rings is 1. The number of carbonyl (C=O) groups is 2. The van der Waals surface area contributed by atoms with E-state index >= 15 is 0 Å². The van der Waals surface area contributed by atoms with Crippen LogP contribution in [0.4, 0.5) is 4.79 Å². The molecule has 0 bridgehead atoms. The smallest absolute Gasteiger partial charge is 0.356 e. The van der Waals surface area contributed by atoms with E-state index in [1.165, 1.54) is 0 Å². The van der Waals surface area contributed by atoms with Crippen molar-refractivity contribution in [2.45, 2.75) is 19.5 Å². The molecule has 1 aliphatic rings. The summed E-state index contributed by atoms with van der Waals surface area (Å²) >= 11 is 0. The van der Waals surface area contributed by atoms with E-state index in [1.54, 1.807) is 16.6 Å². The standard InChI is InChI=1S/C16H18N4O3/c1-19-13-10-20(8-7-12(13)14(18-19)15(21)22)16(23)17-9-11-5-3-2-4-6-11/h2-6H,7-10H2,1H3,(H,17,23)(H,21,22). The summed E-state index contributed by atoms with van der Waals surface area (Å²) in [5.74, 6) is -1.02. The average molecular weight is 314 g/mol. The van der Waals surface area contributed by atoms with Gasteiger partial charge in [0.25, 0.3) is 0 Å². The molecule has 2 amide bonds. The van der Waals surface area contributed by atoms with Crippen molar-refractivity contribution < 1.29 is 14.7 Å². The van der Waals surface area contributed by atoms with E-state index in [-0.39, 0.29) is 11.7 Å². The van der Waals surface area contributed by atoms with Gasteiger partial charge in [0.2, 0.25) is 0 Å². The summed E-state index contributed by atoms with van der Waals surface area (Å²) in [7, 11) is 1.71. The Bertz CT molecular complexity index is 739. The maximum Gasteiger partial charge on any atom is 0.356 e. The molecule has 3 rings (SSSR count). The molecule has 2 aromatic rings. The molecule has 1 aliphatic heterocycles. The van der Waals surface area contributed by atoms with Gasteiger partial charge in [-0.2, -0.15) is 5.10 Å². The van der Waals surface area contributed by atoms with E-state index in [0.29, 0.717) is 26.1 Å². The quantitative estimate of drug-likeness (QED) is 0.896. The zero-order valence-electron chi connectivity index (χ0n) is 12.8. The predicted octanol–water partition coefficient (Wildman–Crippen LogP) is 1.39. The lowest BCUT2D eigenvalue weighted by Gasteiger charge is -2.27. The van der Waals surface area contributed by atoms with Crippen LogP contribution in [-0.2, 0) is 26.6 Å². The molecular weight excluding hydrogens is 296 g/mol. The number of hydrogen-bond donors (Lipinski definition) is 2. The summed E-state index contributed by atoms with van der Waals surface area (Å²) in [6.45, 7) is 1.32. The Morgan fingerprint density at radius 3 is 2.74 bits per heavy atom. The van der Waals surface area contributed by atoms with Crippen molar-refractivity contribution in [3.05, 3.63) is 52.8 Å². The van der Waals surface area contributed by atoms with E-state index in [2.05, 4.69) is 10.4 Å². The lowest BCUT2D eigenvalue weighted by Crippen LogP contribution is -2.42. The Labute approximate surface area is 133 Å². The fourth-order valence-electron chi connectivity index (χ4n) is 2.80. The second-order valence-corrected chi connectivity index (χ2v) is 5.52. The third-order valence-corrected chi connectivity index (χ3v) is 4.02. The monoisotopic (exact) mass is 314 g/mol. The Morgan fingerprint density at radius 2 is 2.04 bits per heavy atom. The number of carboxylic acid groups (broad SMARTS) is 1. The summed E-state index contributed by atoms with van der Waals surface area (Å²) < 4.78 is 1.55. The highest BCUT2D eigenvalue weighted by atomic mass is 16.4. The number of amides is 2. The third-order valence-electron chi connectivity index (χ3n) is 4.02. The first kappa shape index (κ1) is 15.1. The maximum atomic E-state index is 12.3. The third kappa shape index (κ3) is 3.03. The number of rotatable bonds is 3. The zero-order chi connectivity index (χ0) is 16.4. The summed E-state index contributed by atoms with van der Waals surface area (Å²) in [6.07, 6.45) is 0.504. The lowest BCUT2D eigenvalue weighted by atomic mass is 10.0. The van der Waals surface area contributed by atoms with Crippen LogP contribution < -0.4 is 5.32 Å². The number of aromatic nitrogens is 2. The molecule has 0 fully saturated rings. The highest BCUT2D eigenvalue weighted by molar-refractivity contribution is 5.87. The van der Waals surface area contributed by atoms with Crippen molar-refractivity contribution in [2.24, 2.45) is 7.05 Å². The first-order valence-corrected chi connectivity index (χ1v) is 7.41. The minimum atomic E-state index is -1.02. The van der Waals surface area contributed by atoms with Gasteiger partial charge in [0.15, 0.2) is 5.69 Å². The molecule has 7 nitrogen and oxygen atoms in total. The fraction of sp³-hybridized carbons (Fsp3) is 0.312. The van der Waals surface area contributed by atoms with Crippen molar-refractivity contribution >= 4 is 12.0 Å². The van der Waals surface area contributed by atoms with E-state index in [9.17, 15) is 14.7 Å². The number of carboxylic acids is 1. The summed E-state index contributed by atoms with van der Waals surface area (Å²) in [4.78, 5) is 25.2. The zero-order valence-corrected chi connectivity index (χ0v) is 12.8. The van der Waals surface area contributed by atoms with Crippen LogP contribution in [0.5, 0.6) is 0 Å². The Balaban J connectivity index is 1.67. The molecule has 2 heterocycles. The molecule has 0 radical (unpaired) electrons. The second kappa shape index (κ2) is 6.12. The van der Waals surface area contributed by atoms with Gasteiger partial charge in [0.1, 0.15) is 0 Å². The van der Waals surface area contributed by atoms with Crippen LogP contribution in [0.25, 0.3) is 0 Å². The lowest BCUT2D eigenvalue weighted by molar-refractivity contribution is 0.0688. The largest absolute Gasteiger partial charge is 0.476 e. The van der Waals surface area contributed by atoms with E-state index < -0.39 is 5.97 Å². The number of carbonyl (C=O) groups excluding carboxylic acids is 1. The molecule has 0 aliphatic carbocycles. The van der Waals surface area contributed by atoms with Gasteiger partial charge in [-0.05, 0) is 12.0 Å². The van der Waals surface area contributed by atoms with Gasteiger partial charge in [-0.25, -0.2) is 9.59 Å². The predicted molar refractivity (Wildman–Crippen MR) is 83.0 cm³/mol. The number of fused-ring (bicyclic) bond motifs is 1. The van der Waals surface area contributed by atoms with Gasteiger partial charge in [-0.3, -0.25) is 4.68 Å². The SMILES string of the molecule is Cn1nc(C(=O)O)c2c1CN(C(=O)NCc1ccccc1)CC2. The van der Waals surface area contributed by atoms with Crippen LogP contribution in [-0.4, -0.2) is 38.3 Å². The number of nitrogens with zero attached hydrogens (tertiary/aromatic N) is 3. The average Bonchev–Trinajstić information content (AvgIpc) is 2.90. The molecule has 0 saturated heterocycles. The van der Waals surface area contributed by atoms with Crippen molar-refractivity contribution in [1.29, 1.82) is 0 Å². The molecular formula is C16H18N4O3. The number of aromatic carboxylic acids is 1. The van der Waals surface area contributed by atoms with Crippen molar-refractivity contribution in [3.8, 4) is 0 Å². The van der Waals surface area contributed by atoms with Crippen LogP contribution in [0.1, 0.15) is 27.3 Å². The number of urea groups is 1. The van der Waals surface area contributed by atoms with Crippen LogP contribution in [0.2, 0.25) is 0 Å². The normalized spacial score (nSPS) is 13.5. The van der Waals surface area contributed by atoms with Gasteiger partial charge in [-0.15, -0.1) is 0 Å². The molecule has 0 spiro atoms. The van der Waals surface area contributed by atoms with Gasteiger partial charge in [0.05, 0.1) is 12.2 Å². The highest BCUT2D eigenvalue weighted by Crippen LogP contribution is 2.22. The van der Waals surface area contributed by atoms with E-state index in [4.69, 9.17) is 0 Å². The van der Waals surface area contributed by atoms with Gasteiger partial charge in [-0.1, -0.05) is 30.3 Å². The Morgan fingerprint density at radius 1 is 1.30 bits per heavy atom. The minimum Gasteiger partial charge on any atom is -0.476 e. The summed E-state index contributed by atoms with van der Waals surface area (Å²) in [6, 6.07) is 9.54. The second-order valence-electron chi connectivity index (χ2n) is 5.52. The Hall–Kier alpha value is -2.83. The van der Waals surface area contributed by atoms with Crippen molar-refractivity contribution in [3.63, 3.8) is 0 Å². The fourth-order valence-corrected chi connectivity index (χ4v) is 2.80. The van der Waals surface area contributed by atoms with Crippen LogP contribution in [0.3, 0.4) is 0 Å². The van der Waals surface area contributed by atoms with Crippen LogP contribution >= 0.6 is 0 Å². The molecule has 1 aromatic heterocycles. The molecule has 0 atom stereocenters.